The highest BCUT2D eigenvalue weighted by Crippen LogP contribution is 2.49. The quantitative estimate of drug-likeness (QED) is 0.291. The molecule has 0 saturated heterocycles. The lowest BCUT2D eigenvalue weighted by atomic mass is 10.1. The maximum atomic E-state index is 6.30. The Morgan fingerprint density at radius 2 is 1.08 bits per heavy atom. The lowest BCUT2D eigenvalue weighted by Gasteiger charge is -2.08. The molecule has 0 amide bonds. The molecule has 122 valence electrons. The van der Waals surface area contributed by atoms with Crippen LogP contribution in [0.4, 0.5) is 0 Å². The first kappa shape index (κ1) is 16.4. The van der Waals surface area contributed by atoms with E-state index < -0.39 is 0 Å². The van der Waals surface area contributed by atoms with Crippen molar-refractivity contribution in [2.24, 2.45) is 0 Å². The Balaban J connectivity index is 1.87. The van der Waals surface area contributed by atoms with Gasteiger partial charge in [-0.3, -0.25) is 0 Å². The third-order valence-corrected chi connectivity index (χ3v) is 6.51. The minimum atomic E-state index is 0.856. The predicted molar refractivity (Wildman–Crippen MR) is 114 cm³/mol. The highest BCUT2D eigenvalue weighted by Gasteiger charge is 2.20. The van der Waals surface area contributed by atoms with Gasteiger partial charge in [-0.25, -0.2) is 0 Å². The van der Waals surface area contributed by atoms with Crippen LogP contribution < -0.4 is 4.74 Å². The molecule has 0 atom stereocenters. The van der Waals surface area contributed by atoms with Gasteiger partial charge in [0.05, 0.1) is 13.3 Å². The number of halogens is 1. The largest absolute Gasteiger partial charge is 0.455 e. The van der Waals surface area contributed by atoms with E-state index in [0.29, 0.717) is 0 Å². The van der Waals surface area contributed by atoms with Crippen molar-refractivity contribution in [3.63, 3.8) is 0 Å². The lowest BCUT2D eigenvalue weighted by molar-refractivity contribution is 0.483. The van der Waals surface area contributed by atoms with Crippen molar-refractivity contribution in [1.82, 2.24) is 0 Å². The molecule has 0 radical (unpaired) electrons. The van der Waals surface area contributed by atoms with Crippen LogP contribution in [0.25, 0.3) is 20.9 Å². The van der Waals surface area contributed by atoms with Crippen molar-refractivity contribution in [2.75, 3.05) is 0 Å². The van der Waals surface area contributed by atoms with Gasteiger partial charge in [0, 0.05) is 0 Å². The van der Waals surface area contributed by atoms with Crippen LogP contribution in [0, 0.1) is 3.57 Å². The Morgan fingerprint density at radius 1 is 0.600 bits per heavy atom. The number of ether oxygens (including phenoxy) is 1. The molecule has 0 fully saturated rings. The normalized spacial score (nSPS) is 10.6. The molecule has 0 aliphatic heterocycles. The van der Waals surface area contributed by atoms with Crippen LogP contribution in [0.2, 0.25) is 0 Å². The van der Waals surface area contributed by atoms with Gasteiger partial charge in [-0.05, 0) is 45.9 Å². The summed E-state index contributed by atoms with van der Waals surface area (Å²) in [7, 11) is 0. The van der Waals surface area contributed by atoms with E-state index in [4.69, 9.17) is 4.74 Å². The van der Waals surface area contributed by atoms with E-state index in [1.54, 1.807) is 11.3 Å². The van der Waals surface area contributed by atoms with Crippen LogP contribution in [0.5, 0.6) is 11.5 Å². The summed E-state index contributed by atoms with van der Waals surface area (Å²) in [6.07, 6.45) is 0. The van der Waals surface area contributed by atoms with Crippen molar-refractivity contribution < 1.29 is 4.74 Å². The van der Waals surface area contributed by atoms with Crippen LogP contribution in [0.15, 0.2) is 91.0 Å². The highest BCUT2D eigenvalue weighted by atomic mass is 127. The molecule has 25 heavy (non-hydrogen) atoms. The summed E-state index contributed by atoms with van der Waals surface area (Å²) in [5.74, 6) is 1.79. The van der Waals surface area contributed by atoms with Gasteiger partial charge in [-0.2, -0.15) is 0 Å². The highest BCUT2D eigenvalue weighted by molar-refractivity contribution is 14.1. The van der Waals surface area contributed by atoms with Gasteiger partial charge in [-0.1, -0.05) is 78.9 Å². The van der Waals surface area contributed by atoms with Crippen molar-refractivity contribution in [3.8, 4) is 32.4 Å². The summed E-state index contributed by atoms with van der Waals surface area (Å²) in [5, 5.41) is 0. The number of benzene rings is 3. The average molecular weight is 454 g/mol. The van der Waals surface area contributed by atoms with Gasteiger partial charge >= 0.3 is 0 Å². The van der Waals surface area contributed by atoms with Crippen molar-refractivity contribution >= 4 is 33.9 Å². The summed E-state index contributed by atoms with van der Waals surface area (Å²) in [6.45, 7) is 0. The summed E-state index contributed by atoms with van der Waals surface area (Å²) in [6, 6.07) is 30.9. The molecule has 1 aromatic heterocycles. The lowest BCUT2D eigenvalue weighted by Crippen LogP contribution is -1.87. The van der Waals surface area contributed by atoms with Gasteiger partial charge in [0.1, 0.15) is 5.75 Å². The van der Waals surface area contributed by atoms with Gasteiger partial charge in [0.25, 0.3) is 0 Å². The molecule has 0 aliphatic rings. The SMILES string of the molecule is Ic1c(-c2ccccc2)sc(-c2ccccc2)c1Oc1ccccc1. The molecular weight excluding hydrogens is 439 g/mol. The smallest absolute Gasteiger partial charge is 0.159 e. The van der Waals surface area contributed by atoms with Crippen molar-refractivity contribution in [3.05, 3.63) is 94.6 Å². The van der Waals surface area contributed by atoms with Gasteiger partial charge in [-0.15, -0.1) is 11.3 Å². The molecule has 0 saturated carbocycles. The number of para-hydroxylation sites is 1. The Morgan fingerprint density at radius 3 is 1.64 bits per heavy atom. The van der Waals surface area contributed by atoms with E-state index in [1.807, 2.05) is 42.5 Å². The minimum Gasteiger partial charge on any atom is -0.455 e. The monoisotopic (exact) mass is 454 g/mol. The Kier molecular flexibility index (Phi) is 4.85. The zero-order chi connectivity index (χ0) is 17.1. The second-order valence-electron chi connectivity index (χ2n) is 5.55. The zero-order valence-electron chi connectivity index (χ0n) is 13.4. The predicted octanol–water partition coefficient (Wildman–Crippen LogP) is 7.48. The van der Waals surface area contributed by atoms with Crippen LogP contribution in [0.1, 0.15) is 0 Å². The summed E-state index contributed by atoms with van der Waals surface area (Å²) >= 11 is 4.18. The van der Waals surface area contributed by atoms with Gasteiger partial charge < -0.3 is 4.74 Å². The van der Waals surface area contributed by atoms with Gasteiger partial charge in [0.2, 0.25) is 0 Å². The molecule has 1 nitrogen and oxygen atoms in total. The van der Waals surface area contributed by atoms with Crippen LogP contribution in [-0.4, -0.2) is 0 Å². The molecule has 3 heteroatoms. The maximum Gasteiger partial charge on any atom is 0.159 e. The fourth-order valence-corrected chi connectivity index (χ4v) is 4.98. The topological polar surface area (TPSA) is 9.23 Å². The molecule has 1 heterocycles. The van der Waals surface area contributed by atoms with Crippen LogP contribution >= 0.6 is 33.9 Å². The molecule has 0 N–H and O–H groups in total. The molecule has 4 rings (SSSR count). The minimum absolute atomic E-state index is 0.856. The second-order valence-corrected chi connectivity index (χ2v) is 7.65. The van der Waals surface area contributed by atoms with E-state index in [0.717, 1.165) is 19.9 Å². The number of hydrogen-bond donors (Lipinski definition) is 0. The van der Waals surface area contributed by atoms with Crippen molar-refractivity contribution in [2.45, 2.75) is 0 Å². The molecule has 0 aliphatic carbocycles. The van der Waals surface area contributed by atoms with E-state index in [1.165, 1.54) is 16.0 Å². The number of hydrogen-bond acceptors (Lipinski definition) is 2. The first-order valence-electron chi connectivity index (χ1n) is 7.99. The Labute approximate surface area is 165 Å². The average Bonchev–Trinajstić information content (AvgIpc) is 3.01. The molecule has 0 unspecified atom stereocenters. The van der Waals surface area contributed by atoms with Gasteiger partial charge in [0.15, 0.2) is 5.75 Å². The van der Waals surface area contributed by atoms with Crippen LogP contribution in [-0.2, 0) is 0 Å². The Hall–Kier alpha value is -2.11. The van der Waals surface area contributed by atoms with E-state index in [-0.39, 0.29) is 0 Å². The van der Waals surface area contributed by atoms with Crippen molar-refractivity contribution in [1.29, 1.82) is 0 Å². The number of rotatable bonds is 4. The van der Waals surface area contributed by atoms with Crippen LogP contribution in [0.3, 0.4) is 0 Å². The molecule has 0 spiro atoms. The zero-order valence-corrected chi connectivity index (χ0v) is 16.3. The van der Waals surface area contributed by atoms with E-state index in [9.17, 15) is 0 Å². The number of thiophene rings is 1. The van der Waals surface area contributed by atoms with E-state index in [2.05, 4.69) is 71.1 Å². The fourth-order valence-electron chi connectivity index (χ4n) is 2.65. The maximum absolute atomic E-state index is 6.30. The Bertz CT molecular complexity index is 963. The molecule has 3 aromatic carbocycles. The summed E-state index contributed by atoms with van der Waals surface area (Å²) in [4.78, 5) is 2.40. The fraction of sp³-hybridized carbons (Fsp3) is 0. The first-order valence-corrected chi connectivity index (χ1v) is 9.88. The summed E-state index contributed by atoms with van der Waals surface area (Å²) in [5.41, 5.74) is 2.40. The molecular formula is C22H15IOS. The third-order valence-electron chi connectivity index (χ3n) is 3.84. The van der Waals surface area contributed by atoms with E-state index >= 15 is 0 Å². The second kappa shape index (κ2) is 7.42. The summed E-state index contributed by atoms with van der Waals surface area (Å²) < 4.78 is 7.45. The third kappa shape index (κ3) is 3.48. The first-order chi connectivity index (χ1) is 12.3. The molecule has 4 aromatic rings. The standard InChI is InChI=1S/C22H15IOS/c23-19-20(24-18-14-8-3-9-15-18)22(17-12-6-2-7-13-17)25-21(19)16-10-4-1-5-11-16/h1-15H. The molecule has 0 bridgehead atoms.